The average molecular weight is 189 g/mol. The second-order valence-corrected chi connectivity index (χ2v) is 2.57. The molecule has 0 aliphatic rings. The van der Waals surface area contributed by atoms with Crippen LogP contribution in [0.25, 0.3) is 17.6 Å². The Labute approximate surface area is 79.5 Å². The Morgan fingerprint density at radius 3 is 3.14 bits per heavy atom. The van der Waals surface area contributed by atoms with Crippen LogP contribution in [0.1, 0.15) is 5.76 Å². The lowest BCUT2D eigenvalue weighted by molar-refractivity contribution is 0.414. The number of hydrogen-bond acceptors (Lipinski definition) is 5. The van der Waals surface area contributed by atoms with E-state index < -0.39 is 0 Å². The maximum absolute atomic E-state index is 4.94. The third-order valence-electron chi connectivity index (χ3n) is 1.51. The Hall–Kier alpha value is -2.20. The van der Waals surface area contributed by atoms with Crippen molar-refractivity contribution in [3.05, 3.63) is 24.1 Å². The van der Waals surface area contributed by atoms with E-state index in [1.54, 1.807) is 19.2 Å². The Bertz CT molecular complexity index is 491. The maximum atomic E-state index is 4.94. The van der Waals surface area contributed by atoms with Gasteiger partial charge in [0, 0.05) is 12.1 Å². The van der Waals surface area contributed by atoms with E-state index >= 15 is 0 Å². The van der Waals surface area contributed by atoms with Crippen molar-refractivity contribution in [1.82, 2.24) is 25.4 Å². The molecule has 0 aliphatic carbocycles. The summed E-state index contributed by atoms with van der Waals surface area (Å²) in [6.07, 6.45) is 1.58. The summed E-state index contributed by atoms with van der Waals surface area (Å²) in [5.41, 5.74) is 3.12. The smallest absolute Gasteiger partial charge is 0.226 e. The van der Waals surface area contributed by atoms with Crippen molar-refractivity contribution in [3.63, 3.8) is 0 Å². The average Bonchev–Trinajstić information content (AvgIpc) is 2.74. The van der Waals surface area contributed by atoms with Crippen molar-refractivity contribution >= 4 is 6.08 Å². The molecule has 0 unspecified atom stereocenters. The number of tetrazole rings is 1. The summed E-state index contributed by atoms with van der Waals surface area (Å²) in [4.78, 5) is 1.35. The Kier molecular flexibility index (Phi) is 1.96. The van der Waals surface area contributed by atoms with Gasteiger partial charge in [-0.05, 0) is 5.21 Å². The first-order chi connectivity index (χ1) is 6.79. The molecule has 0 radical (unpaired) electrons. The van der Waals surface area contributed by atoms with Gasteiger partial charge in [0.25, 0.3) is 0 Å². The van der Waals surface area contributed by atoms with Crippen molar-refractivity contribution in [2.24, 2.45) is 7.05 Å². The predicted molar refractivity (Wildman–Crippen MR) is 47.9 cm³/mol. The second kappa shape index (κ2) is 3.27. The lowest BCUT2D eigenvalue weighted by Gasteiger charge is -1.79. The third kappa shape index (κ3) is 1.46. The van der Waals surface area contributed by atoms with E-state index in [0.29, 0.717) is 17.3 Å². The van der Waals surface area contributed by atoms with Gasteiger partial charge in [0.05, 0.1) is 7.05 Å². The number of nitrogens with zero attached hydrogens (tertiary/aromatic N) is 5. The van der Waals surface area contributed by atoms with Gasteiger partial charge in [-0.1, -0.05) is 11.7 Å². The zero-order valence-corrected chi connectivity index (χ0v) is 7.51. The molecule has 2 heterocycles. The molecule has 0 spiro atoms. The van der Waals surface area contributed by atoms with E-state index in [1.165, 1.54) is 4.80 Å². The van der Waals surface area contributed by atoms with Crippen LogP contribution in [0.5, 0.6) is 0 Å². The molecule has 0 atom stereocenters. The highest BCUT2D eigenvalue weighted by Crippen LogP contribution is 2.13. The molecular weight excluding hydrogens is 182 g/mol. The number of rotatable bonds is 2. The van der Waals surface area contributed by atoms with Crippen LogP contribution in [0.2, 0.25) is 0 Å². The SMILES string of the molecule is C=C=Cc1cc(-c2nnn(C)n2)no1. The minimum Gasteiger partial charge on any atom is -0.356 e. The monoisotopic (exact) mass is 189 g/mol. The Balaban J connectivity index is 2.37. The highest BCUT2D eigenvalue weighted by atomic mass is 16.5. The van der Waals surface area contributed by atoms with E-state index in [1.807, 2.05) is 0 Å². The topological polar surface area (TPSA) is 69.6 Å². The molecule has 14 heavy (non-hydrogen) atoms. The van der Waals surface area contributed by atoms with Gasteiger partial charge in [0.15, 0.2) is 11.5 Å². The standard InChI is InChI=1S/C8H7N5O/c1-3-4-6-5-7(11-14-6)8-9-12-13(2)10-8/h4-5H,1H2,2H3. The molecule has 6 nitrogen and oxygen atoms in total. The van der Waals surface area contributed by atoms with Crippen LogP contribution in [-0.2, 0) is 7.05 Å². The fraction of sp³-hybridized carbons (Fsp3) is 0.125. The van der Waals surface area contributed by atoms with Gasteiger partial charge in [-0.3, -0.25) is 0 Å². The molecule has 6 heteroatoms. The molecule has 2 aromatic heterocycles. The quantitative estimate of drug-likeness (QED) is 0.649. The first kappa shape index (κ1) is 8.40. The van der Waals surface area contributed by atoms with E-state index in [-0.39, 0.29) is 0 Å². The van der Waals surface area contributed by atoms with Gasteiger partial charge in [0.2, 0.25) is 5.82 Å². The van der Waals surface area contributed by atoms with Gasteiger partial charge in [-0.25, -0.2) is 0 Å². The van der Waals surface area contributed by atoms with Gasteiger partial charge in [-0.2, -0.15) is 4.80 Å². The van der Waals surface area contributed by atoms with Gasteiger partial charge in [-0.15, -0.1) is 15.9 Å². The summed E-state index contributed by atoms with van der Waals surface area (Å²) in [5.74, 6) is 0.988. The molecule has 0 fully saturated rings. The molecule has 2 rings (SSSR count). The van der Waals surface area contributed by atoms with Crippen LogP contribution in [0.3, 0.4) is 0 Å². The van der Waals surface area contributed by atoms with Crippen molar-refractivity contribution < 1.29 is 4.52 Å². The molecular formula is C8H7N5O. The molecule has 0 saturated heterocycles. The third-order valence-corrected chi connectivity index (χ3v) is 1.51. The number of aryl methyl sites for hydroxylation is 1. The molecule has 2 aromatic rings. The van der Waals surface area contributed by atoms with Crippen molar-refractivity contribution in [2.45, 2.75) is 0 Å². The number of hydrogen-bond donors (Lipinski definition) is 0. The summed E-state index contributed by atoms with van der Waals surface area (Å²) in [6.45, 7) is 3.43. The molecule has 0 N–H and O–H groups in total. The summed E-state index contributed by atoms with van der Waals surface area (Å²) in [6, 6.07) is 1.69. The lowest BCUT2D eigenvalue weighted by Crippen LogP contribution is -1.91. The minimum atomic E-state index is 0.431. The fourth-order valence-electron chi connectivity index (χ4n) is 0.950. The van der Waals surface area contributed by atoms with Gasteiger partial charge in [0.1, 0.15) is 0 Å². The predicted octanol–water partition coefficient (Wildman–Crippen LogP) is 0.663. The molecule has 70 valence electrons. The minimum absolute atomic E-state index is 0.431. The van der Waals surface area contributed by atoms with Crippen molar-refractivity contribution in [2.75, 3.05) is 0 Å². The number of aromatic nitrogens is 5. The Morgan fingerprint density at radius 2 is 2.50 bits per heavy atom. The zero-order valence-electron chi connectivity index (χ0n) is 7.51. The van der Waals surface area contributed by atoms with Crippen molar-refractivity contribution in [1.29, 1.82) is 0 Å². The van der Waals surface area contributed by atoms with E-state index in [2.05, 4.69) is 32.9 Å². The second-order valence-electron chi connectivity index (χ2n) is 2.57. The van der Waals surface area contributed by atoms with Crippen LogP contribution >= 0.6 is 0 Å². The van der Waals surface area contributed by atoms with Crippen molar-refractivity contribution in [3.8, 4) is 11.5 Å². The normalized spacial score (nSPS) is 9.79. The van der Waals surface area contributed by atoms with Gasteiger partial charge < -0.3 is 4.52 Å². The summed E-state index contributed by atoms with van der Waals surface area (Å²) in [5, 5.41) is 15.2. The summed E-state index contributed by atoms with van der Waals surface area (Å²) >= 11 is 0. The van der Waals surface area contributed by atoms with E-state index in [9.17, 15) is 0 Å². The first-order valence-electron chi connectivity index (χ1n) is 3.86. The van der Waals surface area contributed by atoms with Crippen LogP contribution in [0.15, 0.2) is 22.9 Å². The molecule has 0 aliphatic heterocycles. The molecule has 0 saturated carbocycles. The first-order valence-corrected chi connectivity index (χ1v) is 3.86. The highest BCUT2D eigenvalue weighted by Gasteiger charge is 2.09. The zero-order chi connectivity index (χ0) is 9.97. The molecule has 0 amide bonds. The van der Waals surface area contributed by atoms with Crippen LogP contribution in [0, 0.1) is 0 Å². The Morgan fingerprint density at radius 1 is 1.64 bits per heavy atom. The molecule has 0 bridgehead atoms. The van der Waals surface area contributed by atoms with Crippen LogP contribution < -0.4 is 0 Å². The fourth-order valence-corrected chi connectivity index (χ4v) is 0.950. The lowest BCUT2D eigenvalue weighted by atomic mass is 10.3. The summed E-state index contributed by atoms with van der Waals surface area (Å²) < 4.78 is 4.94. The maximum Gasteiger partial charge on any atom is 0.226 e. The van der Waals surface area contributed by atoms with Gasteiger partial charge >= 0.3 is 0 Å². The van der Waals surface area contributed by atoms with E-state index in [0.717, 1.165) is 0 Å². The highest BCUT2D eigenvalue weighted by molar-refractivity contribution is 5.53. The molecule has 0 aromatic carbocycles. The van der Waals surface area contributed by atoms with E-state index in [4.69, 9.17) is 4.52 Å². The summed E-state index contributed by atoms with van der Waals surface area (Å²) in [7, 11) is 1.68. The largest absolute Gasteiger partial charge is 0.356 e. The van der Waals surface area contributed by atoms with Crippen LogP contribution in [0.4, 0.5) is 0 Å². The van der Waals surface area contributed by atoms with Crippen LogP contribution in [-0.4, -0.2) is 25.4 Å².